The maximum Gasteiger partial charge on any atom is 0.255 e. The maximum absolute atomic E-state index is 11.9. The van der Waals surface area contributed by atoms with Gasteiger partial charge in [-0.25, -0.2) is 9.97 Å². The van der Waals surface area contributed by atoms with E-state index in [1.807, 2.05) is 6.92 Å². The van der Waals surface area contributed by atoms with E-state index < -0.39 is 0 Å². The highest BCUT2D eigenvalue weighted by atomic mass is 16.3. The summed E-state index contributed by atoms with van der Waals surface area (Å²) in [5.41, 5.74) is 1.90. The molecule has 1 aromatic carbocycles. The Labute approximate surface area is 105 Å². The Morgan fingerprint density at radius 3 is 2.94 bits per heavy atom. The molecule has 0 spiro atoms. The maximum atomic E-state index is 11.9. The number of hydrogen-bond acceptors (Lipinski definition) is 4. The molecule has 0 atom stereocenters. The van der Waals surface area contributed by atoms with Gasteiger partial charge in [-0.1, -0.05) is 11.6 Å². The molecule has 1 amide bonds. The van der Waals surface area contributed by atoms with E-state index >= 15 is 0 Å². The molecule has 18 heavy (non-hydrogen) atoms. The second-order valence-electron chi connectivity index (χ2n) is 3.90. The highest BCUT2D eigenvalue weighted by molar-refractivity contribution is 5.96. The second kappa shape index (κ2) is 5.27. The van der Waals surface area contributed by atoms with Gasteiger partial charge in [-0.05, 0) is 25.1 Å². The largest absolute Gasteiger partial charge is 0.507 e. The van der Waals surface area contributed by atoms with Gasteiger partial charge in [-0.2, -0.15) is 0 Å². The van der Waals surface area contributed by atoms with Crippen molar-refractivity contribution in [2.45, 2.75) is 13.5 Å². The predicted octanol–water partition coefficient (Wildman–Crippen LogP) is 1.42. The van der Waals surface area contributed by atoms with Crippen LogP contribution in [-0.2, 0) is 6.54 Å². The van der Waals surface area contributed by atoms with Crippen molar-refractivity contribution in [1.29, 1.82) is 0 Å². The number of aromatic hydroxyl groups is 1. The van der Waals surface area contributed by atoms with E-state index in [0.29, 0.717) is 12.2 Å². The zero-order valence-corrected chi connectivity index (χ0v) is 9.92. The molecule has 92 valence electrons. The Morgan fingerprint density at radius 2 is 2.22 bits per heavy atom. The van der Waals surface area contributed by atoms with Crippen LogP contribution in [0.5, 0.6) is 5.75 Å². The second-order valence-corrected chi connectivity index (χ2v) is 3.90. The summed E-state index contributed by atoms with van der Waals surface area (Å²) in [6.45, 7) is 2.16. The SMILES string of the molecule is Cc1ccc(O)c(C(=O)NCc2ccncn2)c1. The van der Waals surface area contributed by atoms with Crippen molar-refractivity contribution >= 4 is 5.91 Å². The molecule has 2 rings (SSSR count). The Hall–Kier alpha value is -2.43. The number of nitrogens with one attached hydrogen (secondary N) is 1. The summed E-state index contributed by atoms with van der Waals surface area (Å²) < 4.78 is 0. The average Bonchev–Trinajstić information content (AvgIpc) is 2.40. The molecule has 0 saturated carbocycles. The molecule has 0 saturated heterocycles. The average molecular weight is 243 g/mol. The van der Waals surface area contributed by atoms with Crippen molar-refractivity contribution in [3.05, 3.63) is 53.6 Å². The number of hydrogen-bond donors (Lipinski definition) is 2. The minimum atomic E-state index is -0.324. The lowest BCUT2D eigenvalue weighted by atomic mass is 10.1. The Balaban J connectivity index is 2.06. The highest BCUT2D eigenvalue weighted by Gasteiger charge is 2.10. The van der Waals surface area contributed by atoms with E-state index in [-0.39, 0.29) is 17.2 Å². The third-order valence-electron chi connectivity index (χ3n) is 2.47. The number of carbonyl (C=O) groups is 1. The zero-order chi connectivity index (χ0) is 13.0. The smallest absolute Gasteiger partial charge is 0.255 e. The molecule has 1 aromatic heterocycles. The quantitative estimate of drug-likeness (QED) is 0.855. The van der Waals surface area contributed by atoms with Gasteiger partial charge in [0.05, 0.1) is 17.8 Å². The number of aryl methyl sites for hydroxylation is 1. The summed E-state index contributed by atoms with van der Waals surface area (Å²) in [6.07, 6.45) is 3.03. The molecule has 0 bridgehead atoms. The Morgan fingerprint density at radius 1 is 1.39 bits per heavy atom. The monoisotopic (exact) mass is 243 g/mol. The van der Waals surface area contributed by atoms with Crippen molar-refractivity contribution in [2.24, 2.45) is 0 Å². The summed E-state index contributed by atoms with van der Waals surface area (Å²) in [6, 6.07) is 6.62. The van der Waals surface area contributed by atoms with Crippen molar-refractivity contribution < 1.29 is 9.90 Å². The minimum absolute atomic E-state index is 0.0270. The van der Waals surface area contributed by atoms with Gasteiger partial charge in [0.15, 0.2) is 0 Å². The minimum Gasteiger partial charge on any atom is -0.507 e. The van der Waals surface area contributed by atoms with Crippen LogP contribution in [0.2, 0.25) is 0 Å². The first-order valence-electron chi connectivity index (χ1n) is 5.49. The molecule has 5 nitrogen and oxygen atoms in total. The molecule has 2 N–H and O–H groups in total. The molecule has 1 heterocycles. The predicted molar refractivity (Wildman–Crippen MR) is 66.0 cm³/mol. The van der Waals surface area contributed by atoms with Crippen LogP contribution in [0, 0.1) is 6.92 Å². The number of phenols is 1. The van der Waals surface area contributed by atoms with Gasteiger partial charge < -0.3 is 10.4 Å². The van der Waals surface area contributed by atoms with E-state index in [1.165, 1.54) is 12.4 Å². The fourth-order valence-electron chi connectivity index (χ4n) is 1.52. The summed E-state index contributed by atoms with van der Waals surface area (Å²) >= 11 is 0. The van der Waals surface area contributed by atoms with Crippen LogP contribution in [0.25, 0.3) is 0 Å². The van der Waals surface area contributed by atoms with E-state index in [1.54, 1.807) is 24.4 Å². The first-order chi connectivity index (χ1) is 8.66. The van der Waals surface area contributed by atoms with Crippen LogP contribution >= 0.6 is 0 Å². The summed E-state index contributed by atoms with van der Waals surface area (Å²) in [5.74, 6) is -0.351. The van der Waals surface area contributed by atoms with Gasteiger partial charge in [0.2, 0.25) is 0 Å². The molecule has 0 aliphatic carbocycles. The number of carbonyl (C=O) groups excluding carboxylic acids is 1. The number of rotatable bonds is 3. The van der Waals surface area contributed by atoms with Gasteiger partial charge >= 0.3 is 0 Å². The molecule has 0 aliphatic heterocycles. The fourth-order valence-corrected chi connectivity index (χ4v) is 1.52. The normalized spacial score (nSPS) is 10.1. The van der Waals surface area contributed by atoms with Gasteiger partial charge in [0.25, 0.3) is 5.91 Å². The van der Waals surface area contributed by atoms with Crippen LogP contribution in [0.4, 0.5) is 0 Å². The summed E-state index contributed by atoms with van der Waals surface area (Å²) in [5, 5.41) is 12.3. The van der Waals surface area contributed by atoms with Crippen molar-refractivity contribution in [3.63, 3.8) is 0 Å². The van der Waals surface area contributed by atoms with Crippen molar-refractivity contribution in [1.82, 2.24) is 15.3 Å². The van der Waals surface area contributed by atoms with E-state index in [2.05, 4.69) is 15.3 Å². The number of amides is 1. The van der Waals surface area contributed by atoms with E-state index in [9.17, 15) is 9.90 Å². The molecule has 0 fully saturated rings. The van der Waals surface area contributed by atoms with Crippen LogP contribution in [0.1, 0.15) is 21.6 Å². The molecule has 0 unspecified atom stereocenters. The molecule has 0 radical (unpaired) electrons. The summed E-state index contributed by atoms with van der Waals surface area (Å²) in [7, 11) is 0. The third kappa shape index (κ3) is 2.82. The molecule has 5 heteroatoms. The van der Waals surface area contributed by atoms with E-state index in [4.69, 9.17) is 0 Å². The van der Waals surface area contributed by atoms with Gasteiger partial charge in [-0.3, -0.25) is 4.79 Å². The third-order valence-corrected chi connectivity index (χ3v) is 2.47. The first kappa shape index (κ1) is 12.0. The van der Waals surface area contributed by atoms with Crippen LogP contribution in [0.3, 0.4) is 0 Å². The fraction of sp³-hybridized carbons (Fsp3) is 0.154. The molecule has 2 aromatic rings. The summed E-state index contributed by atoms with van der Waals surface area (Å²) in [4.78, 5) is 19.7. The highest BCUT2D eigenvalue weighted by Crippen LogP contribution is 2.17. The standard InChI is InChI=1S/C13H13N3O2/c1-9-2-3-12(17)11(6-9)13(18)15-7-10-4-5-14-8-16-10/h2-6,8,17H,7H2,1H3,(H,15,18). The number of nitrogens with zero attached hydrogens (tertiary/aromatic N) is 2. The topological polar surface area (TPSA) is 75.1 Å². The lowest BCUT2D eigenvalue weighted by molar-refractivity contribution is 0.0947. The number of phenolic OH excluding ortho intramolecular Hbond substituents is 1. The zero-order valence-electron chi connectivity index (χ0n) is 9.92. The van der Waals surface area contributed by atoms with Gasteiger partial charge in [0, 0.05) is 6.20 Å². The van der Waals surface area contributed by atoms with E-state index in [0.717, 1.165) is 5.56 Å². The first-order valence-corrected chi connectivity index (χ1v) is 5.49. The van der Waals surface area contributed by atoms with Crippen LogP contribution in [-0.4, -0.2) is 21.0 Å². The van der Waals surface area contributed by atoms with Gasteiger partial charge in [0.1, 0.15) is 12.1 Å². The number of aromatic nitrogens is 2. The van der Waals surface area contributed by atoms with Crippen molar-refractivity contribution in [3.8, 4) is 5.75 Å². The lowest BCUT2D eigenvalue weighted by Crippen LogP contribution is -2.23. The molecular formula is C13H13N3O2. The Kier molecular flexibility index (Phi) is 3.52. The number of benzene rings is 1. The van der Waals surface area contributed by atoms with Gasteiger partial charge in [-0.15, -0.1) is 0 Å². The molecular weight excluding hydrogens is 230 g/mol. The van der Waals surface area contributed by atoms with Crippen LogP contribution in [0.15, 0.2) is 36.8 Å². The van der Waals surface area contributed by atoms with Crippen LogP contribution < -0.4 is 5.32 Å². The Bertz CT molecular complexity index is 555. The lowest BCUT2D eigenvalue weighted by Gasteiger charge is -2.07. The molecule has 0 aliphatic rings. The van der Waals surface area contributed by atoms with Crippen molar-refractivity contribution in [2.75, 3.05) is 0 Å².